The molecule has 3 nitrogen and oxygen atoms in total. The SMILES string of the molecule is COc1cc(C#N)cc(Cl)c1OCc1cccc(Cl)c1. The predicted octanol–water partition coefficient (Wildman–Crippen LogP) is 4.45. The van der Waals surface area contributed by atoms with Crippen LogP contribution >= 0.6 is 23.2 Å². The van der Waals surface area contributed by atoms with E-state index >= 15 is 0 Å². The van der Waals surface area contributed by atoms with Gasteiger partial charge in [0.1, 0.15) is 6.61 Å². The zero-order valence-electron chi connectivity index (χ0n) is 10.7. The molecule has 0 unspecified atom stereocenters. The van der Waals surface area contributed by atoms with Gasteiger partial charge in [-0.3, -0.25) is 0 Å². The number of nitriles is 1. The Labute approximate surface area is 127 Å². The van der Waals surface area contributed by atoms with Gasteiger partial charge in [-0.15, -0.1) is 0 Å². The van der Waals surface area contributed by atoms with Crippen LogP contribution in [0.3, 0.4) is 0 Å². The van der Waals surface area contributed by atoms with Gasteiger partial charge in [-0.2, -0.15) is 5.26 Å². The van der Waals surface area contributed by atoms with Crippen molar-refractivity contribution in [3.8, 4) is 17.6 Å². The maximum atomic E-state index is 8.89. The molecular weight excluding hydrogens is 297 g/mol. The van der Waals surface area contributed by atoms with E-state index in [1.54, 1.807) is 12.1 Å². The Morgan fingerprint density at radius 3 is 2.65 bits per heavy atom. The van der Waals surface area contributed by atoms with Crippen LogP contribution in [0.5, 0.6) is 11.5 Å². The lowest BCUT2D eigenvalue weighted by Crippen LogP contribution is -1.99. The van der Waals surface area contributed by atoms with E-state index in [1.807, 2.05) is 24.3 Å². The number of hydrogen-bond donors (Lipinski definition) is 0. The molecule has 20 heavy (non-hydrogen) atoms. The van der Waals surface area contributed by atoms with E-state index in [2.05, 4.69) is 0 Å². The largest absolute Gasteiger partial charge is 0.493 e. The molecule has 0 saturated carbocycles. The highest BCUT2D eigenvalue weighted by Crippen LogP contribution is 2.36. The molecule has 0 spiro atoms. The fourth-order valence-electron chi connectivity index (χ4n) is 1.71. The lowest BCUT2D eigenvalue weighted by molar-refractivity contribution is 0.284. The van der Waals surface area contributed by atoms with Gasteiger partial charge in [-0.25, -0.2) is 0 Å². The smallest absolute Gasteiger partial charge is 0.180 e. The van der Waals surface area contributed by atoms with Crippen LogP contribution in [-0.4, -0.2) is 7.11 Å². The number of methoxy groups -OCH3 is 1. The average molecular weight is 308 g/mol. The molecule has 0 aromatic heterocycles. The number of halogens is 2. The monoisotopic (exact) mass is 307 g/mol. The summed E-state index contributed by atoms with van der Waals surface area (Å²) in [6.07, 6.45) is 0. The van der Waals surface area contributed by atoms with Crippen LogP contribution in [0.15, 0.2) is 36.4 Å². The molecule has 0 aliphatic carbocycles. The molecule has 0 aliphatic heterocycles. The molecule has 0 fully saturated rings. The lowest BCUT2D eigenvalue weighted by Gasteiger charge is -2.12. The fraction of sp³-hybridized carbons (Fsp3) is 0.133. The highest BCUT2D eigenvalue weighted by molar-refractivity contribution is 6.32. The Morgan fingerprint density at radius 1 is 1.20 bits per heavy atom. The molecule has 102 valence electrons. The highest BCUT2D eigenvalue weighted by atomic mass is 35.5. The molecule has 0 heterocycles. The van der Waals surface area contributed by atoms with Gasteiger partial charge in [0.05, 0.1) is 23.8 Å². The molecular formula is C15H11Cl2NO2. The van der Waals surface area contributed by atoms with Gasteiger partial charge in [-0.1, -0.05) is 35.3 Å². The van der Waals surface area contributed by atoms with Crippen molar-refractivity contribution < 1.29 is 9.47 Å². The minimum Gasteiger partial charge on any atom is -0.493 e. The summed E-state index contributed by atoms with van der Waals surface area (Å²) < 4.78 is 10.9. The molecule has 2 rings (SSSR count). The van der Waals surface area contributed by atoms with Crippen molar-refractivity contribution in [3.63, 3.8) is 0 Å². The van der Waals surface area contributed by atoms with Gasteiger partial charge in [-0.05, 0) is 23.8 Å². The molecule has 5 heteroatoms. The van der Waals surface area contributed by atoms with Gasteiger partial charge in [0, 0.05) is 11.1 Å². The Hall–Kier alpha value is -1.89. The van der Waals surface area contributed by atoms with Crippen LogP contribution in [0, 0.1) is 11.3 Å². The summed E-state index contributed by atoms with van der Waals surface area (Å²) in [6.45, 7) is 0.308. The van der Waals surface area contributed by atoms with Gasteiger partial charge < -0.3 is 9.47 Å². The molecule has 0 radical (unpaired) electrons. The summed E-state index contributed by atoms with van der Waals surface area (Å²) in [5, 5.41) is 9.87. The van der Waals surface area contributed by atoms with Crippen LogP contribution in [0.2, 0.25) is 10.0 Å². The minimum absolute atomic E-state index is 0.308. The van der Waals surface area contributed by atoms with Crippen molar-refractivity contribution in [2.45, 2.75) is 6.61 Å². The van der Waals surface area contributed by atoms with E-state index in [0.717, 1.165) is 5.56 Å². The van der Waals surface area contributed by atoms with Gasteiger partial charge in [0.15, 0.2) is 11.5 Å². The lowest BCUT2D eigenvalue weighted by atomic mass is 10.2. The van der Waals surface area contributed by atoms with Gasteiger partial charge in [0.25, 0.3) is 0 Å². The minimum atomic E-state index is 0.308. The maximum absolute atomic E-state index is 8.89. The zero-order chi connectivity index (χ0) is 14.5. The zero-order valence-corrected chi connectivity index (χ0v) is 12.2. The van der Waals surface area contributed by atoms with Crippen LogP contribution in [0.4, 0.5) is 0 Å². The van der Waals surface area contributed by atoms with Crippen LogP contribution in [0.25, 0.3) is 0 Å². The highest BCUT2D eigenvalue weighted by Gasteiger charge is 2.12. The topological polar surface area (TPSA) is 42.2 Å². The molecule has 0 N–H and O–H groups in total. The van der Waals surface area contributed by atoms with Crippen molar-refractivity contribution in [1.29, 1.82) is 5.26 Å². The summed E-state index contributed by atoms with van der Waals surface area (Å²) in [5.74, 6) is 0.837. The van der Waals surface area contributed by atoms with Gasteiger partial charge in [0.2, 0.25) is 0 Å². The Kier molecular flexibility index (Phi) is 4.73. The van der Waals surface area contributed by atoms with Crippen molar-refractivity contribution in [1.82, 2.24) is 0 Å². The standard InChI is InChI=1S/C15H11Cl2NO2/c1-19-14-7-11(8-18)6-13(17)15(14)20-9-10-3-2-4-12(16)5-10/h2-7H,9H2,1H3. The van der Waals surface area contributed by atoms with Crippen molar-refractivity contribution >= 4 is 23.2 Å². The number of nitrogens with zero attached hydrogens (tertiary/aromatic N) is 1. The average Bonchev–Trinajstić information content (AvgIpc) is 2.45. The van der Waals surface area contributed by atoms with E-state index in [0.29, 0.717) is 33.7 Å². The summed E-state index contributed by atoms with van der Waals surface area (Å²) in [6, 6.07) is 12.5. The Morgan fingerprint density at radius 2 is 2.00 bits per heavy atom. The second kappa shape index (κ2) is 6.51. The second-order valence-electron chi connectivity index (χ2n) is 4.02. The first-order valence-corrected chi connectivity index (χ1v) is 6.54. The number of ether oxygens (including phenoxy) is 2. The van der Waals surface area contributed by atoms with E-state index in [1.165, 1.54) is 13.2 Å². The summed E-state index contributed by atoms with van der Waals surface area (Å²) in [5.41, 5.74) is 1.34. The van der Waals surface area contributed by atoms with Crippen molar-refractivity contribution in [2.75, 3.05) is 7.11 Å². The summed E-state index contributed by atoms with van der Waals surface area (Å²) >= 11 is 12.0. The summed E-state index contributed by atoms with van der Waals surface area (Å²) in [4.78, 5) is 0. The molecule has 2 aromatic carbocycles. The molecule has 0 aliphatic rings. The normalized spacial score (nSPS) is 9.90. The van der Waals surface area contributed by atoms with Crippen LogP contribution < -0.4 is 9.47 Å². The van der Waals surface area contributed by atoms with Gasteiger partial charge >= 0.3 is 0 Å². The van der Waals surface area contributed by atoms with E-state index in [-0.39, 0.29) is 0 Å². The molecule has 0 atom stereocenters. The number of benzene rings is 2. The first-order chi connectivity index (χ1) is 9.63. The Bertz CT molecular complexity index is 665. The quantitative estimate of drug-likeness (QED) is 0.838. The fourth-order valence-corrected chi connectivity index (χ4v) is 2.18. The number of hydrogen-bond acceptors (Lipinski definition) is 3. The second-order valence-corrected chi connectivity index (χ2v) is 4.86. The third kappa shape index (κ3) is 3.36. The third-order valence-electron chi connectivity index (χ3n) is 2.63. The van der Waals surface area contributed by atoms with E-state index in [4.69, 9.17) is 37.9 Å². The van der Waals surface area contributed by atoms with Crippen LogP contribution in [-0.2, 0) is 6.61 Å². The number of rotatable bonds is 4. The first-order valence-electron chi connectivity index (χ1n) is 5.79. The Balaban J connectivity index is 2.23. The van der Waals surface area contributed by atoms with E-state index in [9.17, 15) is 0 Å². The van der Waals surface area contributed by atoms with E-state index < -0.39 is 0 Å². The molecule has 2 aromatic rings. The van der Waals surface area contributed by atoms with Crippen molar-refractivity contribution in [3.05, 3.63) is 57.6 Å². The molecule has 0 amide bonds. The first kappa shape index (κ1) is 14.5. The maximum Gasteiger partial charge on any atom is 0.180 e. The molecule has 0 bridgehead atoms. The predicted molar refractivity (Wildman–Crippen MR) is 78.5 cm³/mol. The van der Waals surface area contributed by atoms with Crippen LogP contribution in [0.1, 0.15) is 11.1 Å². The molecule has 0 saturated heterocycles. The van der Waals surface area contributed by atoms with Crippen molar-refractivity contribution in [2.24, 2.45) is 0 Å². The third-order valence-corrected chi connectivity index (χ3v) is 3.15. The summed E-state index contributed by atoms with van der Waals surface area (Å²) in [7, 11) is 1.50.